The summed E-state index contributed by atoms with van der Waals surface area (Å²) in [5, 5.41) is 0. The van der Waals surface area contributed by atoms with Gasteiger partial charge in [-0.2, -0.15) is 0 Å². The second-order valence-electron chi connectivity index (χ2n) is 6.29. The Morgan fingerprint density at radius 2 is 1.74 bits per heavy atom. The highest BCUT2D eigenvalue weighted by Gasteiger charge is 2.38. The van der Waals surface area contributed by atoms with E-state index in [0.29, 0.717) is 13.2 Å². The number of hydrogen-bond donors (Lipinski definition) is 0. The molecule has 0 atom stereocenters. The molecule has 0 spiro atoms. The fourth-order valence-electron chi connectivity index (χ4n) is 2.56. The van der Waals surface area contributed by atoms with Gasteiger partial charge < -0.3 is 14.2 Å². The number of rotatable bonds is 2. The lowest BCUT2D eigenvalue weighted by Gasteiger charge is -2.30. The second-order valence-corrected chi connectivity index (χ2v) is 6.29. The van der Waals surface area contributed by atoms with Gasteiger partial charge in [-0.25, -0.2) is 0 Å². The van der Waals surface area contributed by atoms with Crippen molar-refractivity contribution < 1.29 is 14.2 Å². The summed E-state index contributed by atoms with van der Waals surface area (Å²) < 4.78 is 17.3. The monoisotopic (exact) mass is 264 g/mol. The van der Waals surface area contributed by atoms with Crippen LogP contribution in [0, 0.1) is 6.92 Å². The summed E-state index contributed by atoms with van der Waals surface area (Å²) >= 11 is 0. The molecule has 1 fully saturated rings. The van der Waals surface area contributed by atoms with E-state index in [2.05, 4.69) is 39.8 Å². The molecule has 0 amide bonds. The molecule has 0 aromatic heterocycles. The zero-order valence-corrected chi connectivity index (χ0v) is 12.8. The van der Waals surface area contributed by atoms with Crippen LogP contribution in [0.2, 0.25) is 0 Å². The Morgan fingerprint density at radius 3 is 2.21 bits per heavy atom. The van der Waals surface area contributed by atoms with Gasteiger partial charge in [-0.05, 0) is 25.3 Å². The predicted octanol–water partition coefficient (Wildman–Crippen LogP) is 3.52. The SMILES string of the molecule is COc1c(C(C)(C)C)cc(C)cc1C1(C)OCCO1. The van der Waals surface area contributed by atoms with Crippen molar-refractivity contribution in [2.24, 2.45) is 0 Å². The average molecular weight is 264 g/mol. The fourth-order valence-corrected chi connectivity index (χ4v) is 2.56. The Hall–Kier alpha value is -1.06. The fraction of sp³-hybridized carbons (Fsp3) is 0.625. The van der Waals surface area contributed by atoms with Gasteiger partial charge in [0.15, 0.2) is 5.79 Å². The minimum Gasteiger partial charge on any atom is -0.496 e. The highest BCUT2D eigenvalue weighted by atomic mass is 16.7. The maximum atomic E-state index is 5.79. The highest BCUT2D eigenvalue weighted by Crippen LogP contribution is 2.42. The first-order valence-electron chi connectivity index (χ1n) is 6.75. The third kappa shape index (κ3) is 2.63. The summed E-state index contributed by atoms with van der Waals surface area (Å²) in [4.78, 5) is 0. The lowest BCUT2D eigenvalue weighted by Crippen LogP contribution is -2.25. The Morgan fingerprint density at radius 1 is 1.16 bits per heavy atom. The standard InChI is InChI=1S/C16H24O3/c1-11-9-12(15(2,3)4)14(17-6)13(10-11)16(5)18-7-8-19-16/h9-10H,7-8H2,1-6H3. The Bertz CT molecular complexity index is 466. The van der Waals surface area contributed by atoms with Gasteiger partial charge in [0.1, 0.15) is 5.75 Å². The molecular formula is C16H24O3. The van der Waals surface area contributed by atoms with E-state index in [1.54, 1.807) is 7.11 Å². The Balaban J connectivity index is 2.63. The summed E-state index contributed by atoms with van der Waals surface area (Å²) in [6.45, 7) is 11.9. The van der Waals surface area contributed by atoms with Gasteiger partial charge in [-0.15, -0.1) is 0 Å². The van der Waals surface area contributed by atoms with Gasteiger partial charge >= 0.3 is 0 Å². The van der Waals surface area contributed by atoms with Gasteiger partial charge in [0.25, 0.3) is 0 Å². The molecule has 3 heteroatoms. The van der Waals surface area contributed by atoms with Crippen molar-refractivity contribution >= 4 is 0 Å². The topological polar surface area (TPSA) is 27.7 Å². The van der Waals surface area contributed by atoms with Crippen LogP contribution in [0.3, 0.4) is 0 Å². The van der Waals surface area contributed by atoms with Gasteiger partial charge in [-0.3, -0.25) is 0 Å². The maximum Gasteiger partial charge on any atom is 0.195 e. The summed E-state index contributed by atoms with van der Waals surface area (Å²) in [7, 11) is 1.71. The molecular weight excluding hydrogens is 240 g/mol. The summed E-state index contributed by atoms with van der Waals surface area (Å²) in [5.74, 6) is 0.180. The molecule has 2 rings (SSSR count). The van der Waals surface area contributed by atoms with Crippen molar-refractivity contribution in [2.75, 3.05) is 20.3 Å². The van der Waals surface area contributed by atoms with E-state index in [0.717, 1.165) is 11.3 Å². The van der Waals surface area contributed by atoms with E-state index in [9.17, 15) is 0 Å². The van der Waals surface area contributed by atoms with E-state index >= 15 is 0 Å². The number of methoxy groups -OCH3 is 1. The summed E-state index contributed by atoms with van der Waals surface area (Å²) in [6, 6.07) is 4.28. The molecule has 3 nitrogen and oxygen atoms in total. The van der Waals surface area contributed by atoms with Crippen LogP contribution in [-0.4, -0.2) is 20.3 Å². The van der Waals surface area contributed by atoms with Gasteiger partial charge in [-0.1, -0.05) is 32.4 Å². The minimum atomic E-state index is -0.697. The molecule has 0 saturated carbocycles. The summed E-state index contributed by atoms with van der Waals surface area (Å²) in [6.07, 6.45) is 0. The van der Waals surface area contributed by atoms with Gasteiger partial charge in [0.05, 0.1) is 25.9 Å². The van der Waals surface area contributed by atoms with Crippen LogP contribution in [0.15, 0.2) is 12.1 Å². The van der Waals surface area contributed by atoms with E-state index in [1.165, 1.54) is 11.1 Å². The average Bonchev–Trinajstić information content (AvgIpc) is 2.75. The van der Waals surface area contributed by atoms with E-state index in [4.69, 9.17) is 14.2 Å². The zero-order valence-electron chi connectivity index (χ0n) is 12.8. The second kappa shape index (κ2) is 4.80. The first-order valence-corrected chi connectivity index (χ1v) is 6.75. The molecule has 1 aromatic carbocycles. The third-order valence-electron chi connectivity index (χ3n) is 3.57. The molecule has 106 valence electrons. The van der Waals surface area contributed by atoms with Crippen LogP contribution in [0.5, 0.6) is 5.75 Å². The number of hydrogen-bond acceptors (Lipinski definition) is 3. The lowest BCUT2D eigenvalue weighted by molar-refractivity contribution is -0.150. The maximum absolute atomic E-state index is 5.79. The van der Waals surface area contributed by atoms with Crippen LogP contribution in [0.1, 0.15) is 44.4 Å². The molecule has 1 saturated heterocycles. The number of benzene rings is 1. The molecule has 0 bridgehead atoms. The van der Waals surface area contributed by atoms with E-state index in [1.807, 2.05) is 6.92 Å². The Labute approximate surface area is 115 Å². The van der Waals surface area contributed by atoms with Crippen molar-refractivity contribution in [1.29, 1.82) is 0 Å². The number of ether oxygens (including phenoxy) is 3. The molecule has 1 aliphatic heterocycles. The summed E-state index contributed by atoms with van der Waals surface area (Å²) in [5.41, 5.74) is 3.38. The molecule has 19 heavy (non-hydrogen) atoms. The third-order valence-corrected chi connectivity index (χ3v) is 3.57. The molecule has 1 aliphatic rings. The van der Waals surface area contributed by atoms with Crippen LogP contribution in [-0.2, 0) is 20.7 Å². The zero-order chi connectivity index (χ0) is 14.3. The van der Waals surface area contributed by atoms with Crippen LogP contribution in [0.4, 0.5) is 0 Å². The van der Waals surface area contributed by atoms with Crippen molar-refractivity contribution in [2.45, 2.75) is 45.8 Å². The van der Waals surface area contributed by atoms with Crippen LogP contribution < -0.4 is 4.74 Å². The largest absolute Gasteiger partial charge is 0.496 e. The minimum absolute atomic E-state index is 0.0150. The molecule has 0 N–H and O–H groups in total. The molecule has 0 radical (unpaired) electrons. The Kier molecular flexibility index (Phi) is 3.63. The quantitative estimate of drug-likeness (QED) is 0.818. The van der Waals surface area contributed by atoms with E-state index in [-0.39, 0.29) is 5.41 Å². The highest BCUT2D eigenvalue weighted by molar-refractivity contribution is 5.49. The smallest absolute Gasteiger partial charge is 0.195 e. The molecule has 1 heterocycles. The molecule has 1 aromatic rings. The lowest BCUT2D eigenvalue weighted by atomic mass is 9.83. The van der Waals surface area contributed by atoms with Gasteiger partial charge in [0.2, 0.25) is 0 Å². The van der Waals surface area contributed by atoms with Crippen molar-refractivity contribution in [3.05, 3.63) is 28.8 Å². The first-order chi connectivity index (χ1) is 8.78. The van der Waals surface area contributed by atoms with Crippen molar-refractivity contribution in [3.8, 4) is 5.75 Å². The number of aryl methyl sites for hydroxylation is 1. The van der Waals surface area contributed by atoms with E-state index < -0.39 is 5.79 Å². The van der Waals surface area contributed by atoms with Crippen molar-refractivity contribution in [1.82, 2.24) is 0 Å². The van der Waals surface area contributed by atoms with Crippen molar-refractivity contribution in [3.63, 3.8) is 0 Å². The molecule has 0 aliphatic carbocycles. The van der Waals surface area contributed by atoms with Crippen LogP contribution >= 0.6 is 0 Å². The normalized spacial score (nSPS) is 18.6. The molecule has 0 unspecified atom stereocenters. The first kappa shape index (κ1) is 14.4. The predicted molar refractivity (Wildman–Crippen MR) is 75.7 cm³/mol. The van der Waals surface area contributed by atoms with Gasteiger partial charge in [0, 0.05) is 5.56 Å². The van der Waals surface area contributed by atoms with Crippen LogP contribution in [0.25, 0.3) is 0 Å².